The van der Waals surface area contributed by atoms with Gasteiger partial charge in [0.1, 0.15) is 5.00 Å². The minimum Gasteiger partial charge on any atom is -0.465 e. The molecule has 0 radical (unpaired) electrons. The lowest BCUT2D eigenvalue weighted by Gasteiger charge is -2.22. The van der Waals surface area contributed by atoms with Gasteiger partial charge in [0.05, 0.1) is 17.9 Å². The largest absolute Gasteiger partial charge is 0.465 e. The van der Waals surface area contributed by atoms with E-state index >= 15 is 0 Å². The van der Waals surface area contributed by atoms with E-state index in [1.165, 1.54) is 30.2 Å². The van der Waals surface area contributed by atoms with Crippen LogP contribution in [-0.4, -0.2) is 42.7 Å². The summed E-state index contributed by atoms with van der Waals surface area (Å²) >= 11 is 8.81. The van der Waals surface area contributed by atoms with Crippen molar-refractivity contribution in [3.63, 3.8) is 0 Å². The number of anilines is 1. The maximum Gasteiger partial charge on any atom is 0.341 e. The molecule has 1 N–H and O–H groups in total. The zero-order valence-corrected chi connectivity index (χ0v) is 17.8. The smallest absolute Gasteiger partial charge is 0.341 e. The summed E-state index contributed by atoms with van der Waals surface area (Å²) in [4.78, 5) is 29.3. The topological polar surface area (TPSA) is 58.6 Å². The highest BCUT2D eigenvalue weighted by molar-refractivity contribution is 8.00. The Morgan fingerprint density at radius 3 is 2.70 bits per heavy atom. The van der Waals surface area contributed by atoms with E-state index in [4.69, 9.17) is 16.3 Å². The molecule has 0 bridgehead atoms. The Bertz CT molecular complexity index is 851. The zero-order chi connectivity index (χ0) is 19.6. The van der Waals surface area contributed by atoms with E-state index in [2.05, 4.69) is 10.2 Å². The summed E-state index contributed by atoms with van der Waals surface area (Å²) in [6.07, 6.45) is 0.776. The number of thiophene rings is 1. The molecule has 0 saturated carbocycles. The van der Waals surface area contributed by atoms with E-state index in [9.17, 15) is 9.59 Å². The van der Waals surface area contributed by atoms with E-state index in [1.54, 1.807) is 12.1 Å². The van der Waals surface area contributed by atoms with Crippen molar-refractivity contribution in [3.05, 3.63) is 45.3 Å². The van der Waals surface area contributed by atoms with Gasteiger partial charge in [-0.25, -0.2) is 4.79 Å². The molecule has 2 aromatic rings. The van der Waals surface area contributed by atoms with Crippen LogP contribution in [-0.2, 0) is 22.5 Å². The van der Waals surface area contributed by atoms with Crippen LogP contribution in [0.1, 0.15) is 27.7 Å². The third-order valence-electron chi connectivity index (χ3n) is 4.37. The van der Waals surface area contributed by atoms with Crippen molar-refractivity contribution < 1.29 is 14.3 Å². The molecule has 0 fully saturated rings. The van der Waals surface area contributed by atoms with Crippen molar-refractivity contribution in [2.24, 2.45) is 0 Å². The van der Waals surface area contributed by atoms with E-state index in [-0.39, 0.29) is 11.2 Å². The lowest BCUT2D eigenvalue weighted by atomic mass is 10.0. The molecular weight excluding hydrogens is 404 g/mol. The molecule has 5 nitrogen and oxygen atoms in total. The third-order valence-corrected chi connectivity index (χ3v) is 6.87. The van der Waals surface area contributed by atoms with E-state index in [0.29, 0.717) is 15.6 Å². The van der Waals surface area contributed by atoms with Crippen LogP contribution in [0.25, 0.3) is 0 Å². The molecule has 8 heteroatoms. The van der Waals surface area contributed by atoms with Crippen molar-refractivity contribution >= 4 is 51.6 Å². The summed E-state index contributed by atoms with van der Waals surface area (Å²) in [5.41, 5.74) is 1.50. The number of nitrogens with zero attached hydrogens (tertiary/aromatic N) is 1. The number of likely N-dealkylation sites (N-methyl/N-ethyl adjacent to an activating group) is 1. The van der Waals surface area contributed by atoms with Gasteiger partial charge in [-0.3, -0.25) is 4.79 Å². The van der Waals surface area contributed by atoms with E-state index < -0.39 is 5.97 Å². The molecule has 1 aliphatic heterocycles. The van der Waals surface area contributed by atoms with Crippen molar-refractivity contribution in [3.8, 4) is 0 Å². The maximum absolute atomic E-state index is 12.7. The fourth-order valence-corrected chi connectivity index (χ4v) is 5.23. The van der Waals surface area contributed by atoms with E-state index in [0.717, 1.165) is 34.8 Å². The van der Waals surface area contributed by atoms with Crippen LogP contribution in [0.3, 0.4) is 0 Å². The maximum atomic E-state index is 12.7. The number of esters is 1. The number of carbonyl (C=O) groups excluding carboxylic acids is 2. The van der Waals surface area contributed by atoms with Crippen LogP contribution in [0.5, 0.6) is 0 Å². The summed E-state index contributed by atoms with van der Waals surface area (Å²) in [6.45, 7) is 3.49. The highest BCUT2D eigenvalue weighted by atomic mass is 35.5. The third kappa shape index (κ3) is 4.66. The second-order valence-corrected chi connectivity index (χ2v) is 9.35. The molecule has 1 aromatic carbocycles. The number of hydrogen-bond donors (Lipinski definition) is 1. The first-order chi connectivity index (χ1) is 12.9. The quantitative estimate of drug-likeness (QED) is 0.573. The van der Waals surface area contributed by atoms with Gasteiger partial charge in [-0.2, -0.15) is 0 Å². The molecule has 3 rings (SSSR count). The Morgan fingerprint density at radius 1 is 1.33 bits per heavy atom. The number of rotatable bonds is 5. The van der Waals surface area contributed by atoms with Crippen LogP contribution in [0.2, 0.25) is 5.02 Å². The predicted octanol–water partition coefficient (Wildman–Crippen LogP) is 4.30. The summed E-state index contributed by atoms with van der Waals surface area (Å²) in [5, 5.41) is 3.86. The lowest BCUT2D eigenvalue weighted by Crippen LogP contribution is -2.26. The number of halogens is 1. The molecule has 144 valence electrons. The van der Waals surface area contributed by atoms with E-state index in [1.807, 2.05) is 26.1 Å². The second kappa shape index (κ2) is 8.65. The summed E-state index contributed by atoms with van der Waals surface area (Å²) in [5.74, 6) is -0.544. The number of amides is 1. The van der Waals surface area contributed by atoms with Crippen LogP contribution < -0.4 is 5.32 Å². The summed E-state index contributed by atoms with van der Waals surface area (Å²) < 4.78 is 4.96. The molecule has 27 heavy (non-hydrogen) atoms. The van der Waals surface area contributed by atoms with Gasteiger partial charge >= 0.3 is 5.97 Å². The van der Waals surface area contributed by atoms with Gasteiger partial charge in [0.25, 0.3) is 0 Å². The highest BCUT2D eigenvalue weighted by Crippen LogP contribution is 2.38. The zero-order valence-electron chi connectivity index (χ0n) is 15.4. The van der Waals surface area contributed by atoms with Crippen LogP contribution >= 0.6 is 34.7 Å². The standard InChI is InChI=1S/C19H21ClN2O3S2/c1-11(26-13-6-4-12(20)5-7-13)17(23)21-18-16(19(24)25-3)14-8-9-22(2)10-15(14)27-18/h4-7,11H,8-10H2,1-3H3,(H,21,23)/t11-/m1/s1. The number of methoxy groups -OCH3 is 1. The molecule has 0 unspecified atom stereocenters. The van der Waals surface area contributed by atoms with Gasteiger partial charge in [0.15, 0.2) is 0 Å². The minimum absolute atomic E-state index is 0.146. The van der Waals surface area contributed by atoms with Gasteiger partial charge in [-0.05, 0) is 50.2 Å². The Kier molecular flexibility index (Phi) is 6.47. The Labute approximate surface area is 172 Å². The van der Waals surface area contributed by atoms with Crippen molar-refractivity contribution in [1.82, 2.24) is 4.90 Å². The summed E-state index contributed by atoms with van der Waals surface area (Å²) in [6, 6.07) is 7.37. The second-order valence-electron chi connectivity index (χ2n) is 6.39. The SMILES string of the molecule is COC(=O)c1c(NC(=O)[C@@H](C)Sc2ccc(Cl)cc2)sc2c1CCN(C)C2. The first kappa shape index (κ1) is 20.2. The Balaban J connectivity index is 1.78. The number of thioether (sulfide) groups is 1. The molecular formula is C19H21ClN2O3S2. The van der Waals surface area contributed by atoms with Crippen molar-refractivity contribution in [1.29, 1.82) is 0 Å². The number of benzene rings is 1. The minimum atomic E-state index is -0.398. The predicted molar refractivity (Wildman–Crippen MR) is 111 cm³/mol. The first-order valence-electron chi connectivity index (χ1n) is 8.53. The van der Waals surface area contributed by atoms with Gasteiger partial charge < -0.3 is 15.0 Å². The molecule has 1 amide bonds. The van der Waals surface area contributed by atoms with Gasteiger partial charge in [-0.1, -0.05) is 11.6 Å². The number of carbonyl (C=O) groups is 2. The lowest BCUT2D eigenvalue weighted by molar-refractivity contribution is -0.115. The number of ether oxygens (including phenoxy) is 1. The fraction of sp³-hybridized carbons (Fsp3) is 0.368. The van der Waals surface area contributed by atoms with Gasteiger partial charge in [-0.15, -0.1) is 23.1 Å². The molecule has 1 atom stereocenters. The van der Waals surface area contributed by atoms with Crippen LogP contribution in [0.15, 0.2) is 29.2 Å². The Hall–Kier alpha value is -1.54. The molecule has 0 spiro atoms. The van der Waals surface area contributed by atoms with Crippen molar-refractivity contribution in [2.75, 3.05) is 26.0 Å². The Morgan fingerprint density at radius 2 is 2.04 bits per heavy atom. The van der Waals surface area contributed by atoms with Crippen LogP contribution in [0.4, 0.5) is 5.00 Å². The van der Waals surface area contributed by atoms with Crippen molar-refractivity contribution in [2.45, 2.75) is 30.0 Å². The number of hydrogen-bond acceptors (Lipinski definition) is 6. The summed E-state index contributed by atoms with van der Waals surface area (Å²) in [7, 11) is 3.41. The highest BCUT2D eigenvalue weighted by Gasteiger charge is 2.29. The average molecular weight is 425 g/mol. The molecule has 1 aromatic heterocycles. The number of fused-ring (bicyclic) bond motifs is 1. The molecule has 0 aliphatic carbocycles. The molecule has 0 saturated heterocycles. The molecule has 2 heterocycles. The van der Waals surface area contributed by atoms with Gasteiger partial charge in [0, 0.05) is 27.9 Å². The fourth-order valence-electron chi connectivity index (χ4n) is 2.92. The van der Waals surface area contributed by atoms with Crippen LogP contribution in [0, 0.1) is 0 Å². The van der Waals surface area contributed by atoms with Gasteiger partial charge in [0.2, 0.25) is 5.91 Å². The monoisotopic (exact) mass is 424 g/mol. The first-order valence-corrected chi connectivity index (χ1v) is 10.6. The average Bonchev–Trinajstić information content (AvgIpc) is 2.99. The number of nitrogens with one attached hydrogen (secondary N) is 1. The molecule has 1 aliphatic rings. The normalized spacial score (nSPS) is 15.1.